The van der Waals surface area contributed by atoms with Gasteiger partial charge in [0.05, 0.1) is 0 Å². The first-order valence-electron chi connectivity index (χ1n) is 7.70. The quantitative estimate of drug-likeness (QED) is 0.841. The Balaban J connectivity index is 0.00000232. The SMILES string of the molecule is C=O.CC(C)(C)OC(=O)NCC1CCN(C(=O)OC(C)(C)C)C1. The average Bonchev–Trinajstić information content (AvgIpc) is 2.83. The predicted octanol–water partition coefficient (Wildman–Crippen LogP) is 2.58. The number of nitrogens with one attached hydrogen (secondary N) is 1. The maximum atomic E-state index is 11.9. The van der Waals surface area contributed by atoms with Gasteiger partial charge in [0, 0.05) is 19.6 Å². The number of carbonyl (C=O) groups excluding carboxylic acids is 3. The molecule has 0 aliphatic carbocycles. The van der Waals surface area contributed by atoms with Gasteiger partial charge in [0.15, 0.2) is 0 Å². The Kier molecular flexibility index (Phi) is 8.06. The van der Waals surface area contributed by atoms with E-state index in [9.17, 15) is 9.59 Å². The molecule has 0 bridgehead atoms. The van der Waals surface area contributed by atoms with E-state index in [4.69, 9.17) is 14.3 Å². The molecule has 0 aromatic carbocycles. The standard InChI is InChI=1S/C15H28N2O4.CH2O/c1-14(2,3)20-12(18)16-9-11-7-8-17(10-11)13(19)21-15(4,5)6;1-2/h11H,7-10H2,1-6H3,(H,16,18);1H2. The fourth-order valence-corrected chi connectivity index (χ4v) is 2.03. The minimum atomic E-state index is -0.498. The van der Waals surface area contributed by atoms with E-state index >= 15 is 0 Å². The molecule has 1 unspecified atom stereocenters. The van der Waals surface area contributed by atoms with Gasteiger partial charge in [-0.25, -0.2) is 9.59 Å². The van der Waals surface area contributed by atoms with Crippen LogP contribution in [-0.2, 0) is 14.3 Å². The molecule has 1 aliphatic heterocycles. The summed E-state index contributed by atoms with van der Waals surface area (Å²) < 4.78 is 10.5. The number of ether oxygens (including phenoxy) is 2. The molecule has 0 radical (unpaired) electrons. The number of alkyl carbamates (subject to hydrolysis) is 1. The first-order valence-corrected chi connectivity index (χ1v) is 7.70. The summed E-state index contributed by atoms with van der Waals surface area (Å²) in [7, 11) is 0. The minimum absolute atomic E-state index is 0.241. The van der Waals surface area contributed by atoms with E-state index in [1.54, 1.807) is 4.90 Å². The van der Waals surface area contributed by atoms with E-state index in [0.29, 0.717) is 19.6 Å². The van der Waals surface area contributed by atoms with Crippen molar-refractivity contribution in [2.24, 2.45) is 5.92 Å². The number of hydrogen-bond acceptors (Lipinski definition) is 5. The molecule has 1 N–H and O–H groups in total. The van der Waals surface area contributed by atoms with Gasteiger partial charge in [0.2, 0.25) is 0 Å². The summed E-state index contributed by atoms with van der Waals surface area (Å²) in [5.41, 5.74) is -0.980. The lowest BCUT2D eigenvalue weighted by atomic mass is 10.1. The monoisotopic (exact) mass is 330 g/mol. The highest BCUT2D eigenvalue weighted by molar-refractivity contribution is 5.69. The molecule has 1 fully saturated rings. The number of likely N-dealkylation sites (tertiary alicyclic amines) is 1. The van der Waals surface area contributed by atoms with Crippen molar-refractivity contribution < 1.29 is 23.9 Å². The summed E-state index contributed by atoms with van der Waals surface area (Å²) >= 11 is 0. The second kappa shape index (κ2) is 8.74. The van der Waals surface area contributed by atoms with E-state index in [0.717, 1.165) is 6.42 Å². The zero-order valence-electron chi connectivity index (χ0n) is 15.1. The number of hydrogen-bond donors (Lipinski definition) is 1. The summed E-state index contributed by atoms with van der Waals surface area (Å²) in [6.07, 6.45) is 0.148. The molecule has 23 heavy (non-hydrogen) atoms. The molecule has 1 heterocycles. The molecule has 1 aliphatic rings. The Morgan fingerprint density at radius 2 is 1.61 bits per heavy atom. The summed E-state index contributed by atoms with van der Waals surface area (Å²) in [6.45, 7) is 14.8. The van der Waals surface area contributed by atoms with Crippen LogP contribution in [0.3, 0.4) is 0 Å². The first-order chi connectivity index (χ1) is 10.5. The molecule has 1 atom stereocenters. The van der Waals surface area contributed by atoms with Crippen molar-refractivity contribution in [1.82, 2.24) is 10.2 Å². The van der Waals surface area contributed by atoms with Gasteiger partial charge in [-0.3, -0.25) is 0 Å². The molecule has 2 amide bonds. The molecule has 7 nitrogen and oxygen atoms in total. The van der Waals surface area contributed by atoms with Gasteiger partial charge in [-0.2, -0.15) is 0 Å². The molecular weight excluding hydrogens is 300 g/mol. The lowest BCUT2D eigenvalue weighted by Gasteiger charge is -2.24. The van der Waals surface area contributed by atoms with Gasteiger partial charge >= 0.3 is 12.2 Å². The van der Waals surface area contributed by atoms with Gasteiger partial charge in [0.25, 0.3) is 0 Å². The van der Waals surface area contributed by atoms with Crippen molar-refractivity contribution >= 4 is 19.0 Å². The van der Waals surface area contributed by atoms with Crippen LogP contribution in [0, 0.1) is 5.92 Å². The van der Waals surface area contributed by atoms with E-state index in [-0.39, 0.29) is 12.0 Å². The fraction of sp³-hybridized carbons (Fsp3) is 0.812. The maximum Gasteiger partial charge on any atom is 0.410 e. The minimum Gasteiger partial charge on any atom is -0.444 e. The molecule has 0 aromatic rings. The Morgan fingerprint density at radius 1 is 1.09 bits per heavy atom. The highest BCUT2D eigenvalue weighted by Gasteiger charge is 2.30. The van der Waals surface area contributed by atoms with Crippen molar-refractivity contribution in [3.8, 4) is 0 Å². The molecule has 134 valence electrons. The summed E-state index contributed by atoms with van der Waals surface area (Å²) in [5.74, 6) is 0.241. The largest absolute Gasteiger partial charge is 0.444 e. The van der Waals surface area contributed by atoms with Crippen LogP contribution in [0.5, 0.6) is 0 Å². The molecule has 1 saturated heterocycles. The summed E-state index contributed by atoms with van der Waals surface area (Å²) in [5, 5.41) is 2.75. The van der Waals surface area contributed by atoms with Crippen LogP contribution in [0.4, 0.5) is 9.59 Å². The van der Waals surface area contributed by atoms with E-state index in [2.05, 4.69) is 5.32 Å². The van der Waals surface area contributed by atoms with Gasteiger partial charge in [-0.1, -0.05) is 0 Å². The lowest BCUT2D eigenvalue weighted by molar-refractivity contribution is -0.0980. The van der Waals surface area contributed by atoms with E-state index in [1.807, 2.05) is 48.3 Å². The number of nitrogens with zero attached hydrogens (tertiary/aromatic N) is 1. The third-order valence-corrected chi connectivity index (χ3v) is 2.87. The second-order valence-corrected chi connectivity index (χ2v) is 7.46. The molecular formula is C16H30N2O5. The van der Waals surface area contributed by atoms with Crippen LogP contribution < -0.4 is 5.32 Å². The van der Waals surface area contributed by atoms with Crippen molar-refractivity contribution in [1.29, 1.82) is 0 Å². The average molecular weight is 330 g/mol. The van der Waals surface area contributed by atoms with Gasteiger partial charge in [0.1, 0.15) is 18.0 Å². The predicted molar refractivity (Wildman–Crippen MR) is 87.3 cm³/mol. The van der Waals surface area contributed by atoms with E-state index in [1.165, 1.54) is 0 Å². The number of carbonyl (C=O) groups is 3. The normalized spacial score (nSPS) is 17.8. The fourth-order valence-electron chi connectivity index (χ4n) is 2.03. The molecule has 7 heteroatoms. The number of rotatable bonds is 2. The van der Waals surface area contributed by atoms with Gasteiger partial charge < -0.3 is 24.5 Å². The second-order valence-electron chi connectivity index (χ2n) is 7.46. The Bertz CT molecular complexity index is 398. The highest BCUT2D eigenvalue weighted by Crippen LogP contribution is 2.19. The van der Waals surface area contributed by atoms with Crippen molar-refractivity contribution in [3.05, 3.63) is 0 Å². The topological polar surface area (TPSA) is 84.9 Å². The summed E-state index contributed by atoms with van der Waals surface area (Å²) in [4.78, 5) is 33.2. The first kappa shape index (κ1) is 21.2. The molecule has 1 rings (SSSR count). The number of amides is 2. The van der Waals surface area contributed by atoms with Crippen LogP contribution in [0.2, 0.25) is 0 Å². The third kappa shape index (κ3) is 9.76. The zero-order chi connectivity index (χ0) is 18.3. The molecule has 0 spiro atoms. The highest BCUT2D eigenvalue weighted by atomic mass is 16.6. The lowest BCUT2D eigenvalue weighted by Crippen LogP contribution is -2.38. The van der Waals surface area contributed by atoms with Crippen LogP contribution in [0.1, 0.15) is 48.0 Å². The Morgan fingerprint density at radius 3 is 2.09 bits per heavy atom. The van der Waals surface area contributed by atoms with Crippen molar-refractivity contribution in [2.75, 3.05) is 19.6 Å². The van der Waals surface area contributed by atoms with Gasteiger partial charge in [-0.05, 0) is 53.9 Å². The zero-order valence-corrected chi connectivity index (χ0v) is 15.1. The maximum absolute atomic E-state index is 11.9. The van der Waals surface area contributed by atoms with E-state index < -0.39 is 17.3 Å². The van der Waals surface area contributed by atoms with Crippen LogP contribution >= 0.6 is 0 Å². The summed E-state index contributed by atoms with van der Waals surface area (Å²) in [6, 6.07) is 0. The molecule has 0 saturated carbocycles. The Labute approximate surface area is 138 Å². The smallest absolute Gasteiger partial charge is 0.410 e. The third-order valence-electron chi connectivity index (χ3n) is 2.87. The molecule has 0 aromatic heterocycles. The van der Waals surface area contributed by atoms with Crippen LogP contribution in [0.25, 0.3) is 0 Å². The van der Waals surface area contributed by atoms with Crippen LogP contribution in [-0.4, -0.2) is 54.7 Å². The van der Waals surface area contributed by atoms with Gasteiger partial charge in [-0.15, -0.1) is 0 Å². The van der Waals surface area contributed by atoms with Crippen LogP contribution in [0.15, 0.2) is 0 Å². The van der Waals surface area contributed by atoms with Crippen molar-refractivity contribution in [3.63, 3.8) is 0 Å². The Hall–Kier alpha value is -1.79. The van der Waals surface area contributed by atoms with Crippen molar-refractivity contribution in [2.45, 2.75) is 59.2 Å².